The topological polar surface area (TPSA) is 32.3 Å². The second kappa shape index (κ2) is 5.41. The molecule has 3 unspecified atom stereocenters. The summed E-state index contributed by atoms with van der Waals surface area (Å²) in [5, 5.41) is 12.1. The number of aliphatic hydroxyl groups excluding tert-OH is 1. The molecule has 1 fully saturated rings. The largest absolute Gasteiger partial charge is 0.415 e. The van der Waals surface area contributed by atoms with E-state index in [1.54, 1.807) is 11.8 Å². The lowest BCUT2D eigenvalue weighted by Gasteiger charge is -2.18. The minimum absolute atomic E-state index is 0.124. The van der Waals surface area contributed by atoms with Crippen LogP contribution < -0.4 is 5.32 Å². The van der Waals surface area contributed by atoms with Crippen LogP contribution in [-0.2, 0) is 0 Å². The van der Waals surface area contributed by atoms with E-state index >= 15 is 0 Å². The van der Waals surface area contributed by atoms with Gasteiger partial charge in [-0.05, 0) is 25.5 Å². The zero-order valence-electron chi connectivity index (χ0n) is 8.55. The fourth-order valence-corrected chi connectivity index (χ4v) is 2.53. The Bertz CT molecular complexity index is 200. The van der Waals surface area contributed by atoms with Crippen molar-refractivity contribution in [1.82, 2.24) is 5.32 Å². The van der Waals surface area contributed by atoms with Crippen molar-refractivity contribution in [2.24, 2.45) is 0 Å². The van der Waals surface area contributed by atoms with Gasteiger partial charge in [-0.2, -0.15) is 24.9 Å². The third-order valence-corrected chi connectivity index (χ3v) is 3.79. The first-order chi connectivity index (χ1) is 6.93. The Morgan fingerprint density at radius 2 is 2.13 bits per heavy atom. The number of nitrogens with one attached hydrogen (secondary N) is 1. The highest BCUT2D eigenvalue weighted by molar-refractivity contribution is 7.99. The monoisotopic (exact) mass is 243 g/mol. The summed E-state index contributed by atoms with van der Waals surface area (Å²) < 4.78 is 35.9. The van der Waals surface area contributed by atoms with E-state index in [1.165, 1.54) is 0 Å². The van der Waals surface area contributed by atoms with Crippen molar-refractivity contribution < 1.29 is 18.3 Å². The molecule has 0 aliphatic heterocycles. The molecule has 0 amide bonds. The molecule has 0 heterocycles. The van der Waals surface area contributed by atoms with E-state index in [2.05, 4.69) is 5.32 Å². The van der Waals surface area contributed by atoms with Gasteiger partial charge in [-0.1, -0.05) is 0 Å². The summed E-state index contributed by atoms with van der Waals surface area (Å²) in [5.74, 6) is 0. The average molecular weight is 243 g/mol. The van der Waals surface area contributed by atoms with Gasteiger partial charge in [0.25, 0.3) is 0 Å². The molecule has 90 valence electrons. The molecule has 2 nitrogen and oxygen atoms in total. The molecule has 0 radical (unpaired) electrons. The lowest BCUT2D eigenvalue weighted by atomic mass is 10.2. The van der Waals surface area contributed by atoms with Gasteiger partial charge in [0.05, 0.1) is 0 Å². The number of thioether (sulfide) groups is 1. The van der Waals surface area contributed by atoms with Gasteiger partial charge < -0.3 is 10.4 Å². The maximum absolute atomic E-state index is 12.0. The highest BCUT2D eigenvalue weighted by Gasteiger charge is 2.38. The molecule has 1 saturated carbocycles. The molecule has 0 aromatic heterocycles. The third-order valence-electron chi connectivity index (χ3n) is 2.70. The van der Waals surface area contributed by atoms with Crippen molar-refractivity contribution in [2.45, 2.75) is 42.8 Å². The normalized spacial score (nSPS) is 29.4. The van der Waals surface area contributed by atoms with Crippen LogP contribution in [0.3, 0.4) is 0 Å². The minimum atomic E-state index is -4.51. The van der Waals surface area contributed by atoms with Crippen LogP contribution in [0.2, 0.25) is 0 Å². The Morgan fingerprint density at radius 3 is 2.60 bits per heavy atom. The Hall–Kier alpha value is 0.0600. The van der Waals surface area contributed by atoms with E-state index in [4.69, 9.17) is 5.11 Å². The first-order valence-corrected chi connectivity index (χ1v) is 6.23. The van der Waals surface area contributed by atoms with Gasteiger partial charge >= 0.3 is 6.18 Å². The van der Waals surface area contributed by atoms with E-state index in [9.17, 15) is 13.2 Å². The Morgan fingerprint density at radius 1 is 1.47 bits per heavy atom. The summed E-state index contributed by atoms with van der Waals surface area (Å²) >= 11 is 1.75. The lowest BCUT2D eigenvalue weighted by molar-refractivity contribution is -0.202. The lowest BCUT2D eigenvalue weighted by Crippen LogP contribution is -2.41. The molecule has 0 aromatic carbocycles. The Kier molecular flexibility index (Phi) is 4.73. The number of aliphatic hydroxyl groups is 1. The van der Waals surface area contributed by atoms with Gasteiger partial charge in [-0.3, -0.25) is 0 Å². The van der Waals surface area contributed by atoms with Gasteiger partial charge in [0.15, 0.2) is 6.10 Å². The number of hydrogen-bond donors (Lipinski definition) is 2. The van der Waals surface area contributed by atoms with Crippen LogP contribution in [0, 0.1) is 0 Å². The predicted octanol–water partition coefficient (Wildman–Crippen LogP) is 1.78. The van der Waals surface area contributed by atoms with E-state index in [0.717, 1.165) is 19.3 Å². The maximum Gasteiger partial charge on any atom is 0.415 e. The third kappa shape index (κ3) is 4.20. The quantitative estimate of drug-likeness (QED) is 0.789. The summed E-state index contributed by atoms with van der Waals surface area (Å²) in [5.41, 5.74) is 0. The van der Waals surface area contributed by atoms with Crippen LogP contribution in [-0.4, -0.2) is 41.5 Å². The fourth-order valence-electron chi connectivity index (χ4n) is 1.73. The number of halogens is 3. The standard InChI is InChI=1S/C9H16F3NOS/c1-15-7-3-2-6(4-7)13-5-8(14)9(10,11)12/h6-8,13-14H,2-5H2,1H3. The maximum atomic E-state index is 12.0. The molecule has 0 aromatic rings. The molecule has 0 bridgehead atoms. The molecule has 2 N–H and O–H groups in total. The van der Waals surface area contributed by atoms with Crippen LogP contribution in [0.4, 0.5) is 13.2 Å². The second-order valence-electron chi connectivity index (χ2n) is 3.83. The van der Waals surface area contributed by atoms with Crippen molar-refractivity contribution in [3.05, 3.63) is 0 Å². The van der Waals surface area contributed by atoms with Gasteiger partial charge in [0.2, 0.25) is 0 Å². The molecule has 0 saturated heterocycles. The van der Waals surface area contributed by atoms with Crippen LogP contribution in [0.15, 0.2) is 0 Å². The van der Waals surface area contributed by atoms with Crippen molar-refractivity contribution >= 4 is 11.8 Å². The SMILES string of the molecule is CSC1CCC(NCC(O)C(F)(F)F)C1. The van der Waals surface area contributed by atoms with E-state index in [0.29, 0.717) is 5.25 Å². The summed E-state index contributed by atoms with van der Waals surface area (Å²) in [6.07, 6.45) is -1.91. The van der Waals surface area contributed by atoms with Crippen molar-refractivity contribution in [2.75, 3.05) is 12.8 Å². The number of hydrogen-bond acceptors (Lipinski definition) is 3. The van der Waals surface area contributed by atoms with Crippen LogP contribution >= 0.6 is 11.8 Å². The zero-order valence-corrected chi connectivity index (χ0v) is 9.37. The van der Waals surface area contributed by atoms with Gasteiger partial charge in [-0.15, -0.1) is 0 Å². The number of rotatable bonds is 4. The summed E-state index contributed by atoms with van der Waals surface area (Å²) in [6.45, 7) is -0.394. The van der Waals surface area contributed by atoms with Crippen LogP contribution in [0.1, 0.15) is 19.3 Å². The molecule has 3 atom stereocenters. The number of alkyl halides is 3. The first-order valence-electron chi connectivity index (χ1n) is 4.94. The van der Waals surface area contributed by atoms with Crippen molar-refractivity contribution in [1.29, 1.82) is 0 Å². The predicted molar refractivity (Wildman–Crippen MR) is 55.0 cm³/mol. The second-order valence-corrected chi connectivity index (χ2v) is 4.97. The minimum Gasteiger partial charge on any atom is -0.382 e. The first kappa shape index (κ1) is 13.1. The van der Waals surface area contributed by atoms with Gasteiger partial charge in [0, 0.05) is 17.8 Å². The Labute approximate surface area is 91.6 Å². The van der Waals surface area contributed by atoms with Gasteiger partial charge in [0.1, 0.15) is 0 Å². The summed E-state index contributed by atoms with van der Waals surface area (Å²) in [4.78, 5) is 0. The molecular weight excluding hydrogens is 227 g/mol. The van der Waals surface area contributed by atoms with E-state index in [1.807, 2.05) is 6.26 Å². The van der Waals surface area contributed by atoms with Crippen molar-refractivity contribution in [3.8, 4) is 0 Å². The zero-order chi connectivity index (χ0) is 11.5. The van der Waals surface area contributed by atoms with E-state index in [-0.39, 0.29) is 6.04 Å². The molecule has 1 rings (SSSR count). The molecule has 15 heavy (non-hydrogen) atoms. The summed E-state index contributed by atoms with van der Waals surface area (Å²) in [7, 11) is 0. The molecular formula is C9H16F3NOS. The smallest absolute Gasteiger partial charge is 0.382 e. The fraction of sp³-hybridized carbons (Fsp3) is 1.00. The van der Waals surface area contributed by atoms with Crippen molar-refractivity contribution in [3.63, 3.8) is 0 Å². The molecule has 1 aliphatic rings. The average Bonchev–Trinajstić information content (AvgIpc) is 2.60. The van der Waals surface area contributed by atoms with Gasteiger partial charge in [-0.25, -0.2) is 0 Å². The molecule has 0 spiro atoms. The highest BCUT2D eigenvalue weighted by atomic mass is 32.2. The highest BCUT2D eigenvalue weighted by Crippen LogP contribution is 2.28. The molecule has 1 aliphatic carbocycles. The van der Waals surface area contributed by atoms with E-state index < -0.39 is 18.8 Å². The molecule has 6 heteroatoms. The Balaban J connectivity index is 2.21. The van der Waals surface area contributed by atoms with Crippen LogP contribution in [0.25, 0.3) is 0 Å². The van der Waals surface area contributed by atoms with Crippen LogP contribution in [0.5, 0.6) is 0 Å². The summed E-state index contributed by atoms with van der Waals surface area (Å²) in [6, 6.07) is 0.124.